The van der Waals surface area contributed by atoms with Crippen molar-refractivity contribution in [1.82, 2.24) is 9.88 Å². The molecule has 1 fully saturated rings. The molecule has 1 aliphatic rings. The maximum atomic E-state index is 12.5. The maximum Gasteiger partial charge on any atom is 0.258 e. The normalized spacial score (nSPS) is 14.1. The summed E-state index contributed by atoms with van der Waals surface area (Å²) in [5.41, 5.74) is 3.02. The van der Waals surface area contributed by atoms with Crippen LogP contribution in [0.5, 0.6) is 5.75 Å². The lowest BCUT2D eigenvalue weighted by Gasteiger charge is -2.29. The van der Waals surface area contributed by atoms with Gasteiger partial charge >= 0.3 is 0 Å². The number of nitrogens with zero attached hydrogens (tertiary/aromatic N) is 2. The van der Waals surface area contributed by atoms with Gasteiger partial charge in [-0.25, -0.2) is 0 Å². The summed E-state index contributed by atoms with van der Waals surface area (Å²) in [5, 5.41) is 3.36. The predicted molar refractivity (Wildman–Crippen MR) is 108 cm³/mol. The van der Waals surface area contributed by atoms with Crippen LogP contribution in [0.1, 0.15) is 5.56 Å². The highest BCUT2D eigenvalue weighted by molar-refractivity contribution is 5.51. The van der Waals surface area contributed by atoms with Gasteiger partial charge in [0.15, 0.2) is 0 Å². The number of anilines is 1. The van der Waals surface area contributed by atoms with Crippen molar-refractivity contribution in [2.75, 3.05) is 31.1 Å². The van der Waals surface area contributed by atoms with E-state index in [0.717, 1.165) is 37.4 Å². The van der Waals surface area contributed by atoms with Gasteiger partial charge in [0.25, 0.3) is 5.56 Å². The van der Waals surface area contributed by atoms with E-state index in [1.807, 2.05) is 48.5 Å². The first kappa shape index (κ1) is 17.4. The lowest BCUT2D eigenvalue weighted by molar-refractivity contribution is 0.305. The number of benzene rings is 2. The summed E-state index contributed by atoms with van der Waals surface area (Å²) in [4.78, 5) is 14.9. The molecule has 0 amide bonds. The smallest absolute Gasteiger partial charge is 0.258 e. The van der Waals surface area contributed by atoms with Crippen LogP contribution >= 0.6 is 0 Å². The minimum Gasteiger partial charge on any atom is -0.489 e. The first-order valence-corrected chi connectivity index (χ1v) is 9.25. The third-order valence-electron chi connectivity index (χ3n) is 4.75. The molecule has 0 aliphatic carbocycles. The number of nitrogens with one attached hydrogen (secondary N) is 1. The molecule has 0 radical (unpaired) electrons. The van der Waals surface area contributed by atoms with E-state index >= 15 is 0 Å². The Labute approximate surface area is 158 Å². The molecule has 5 nitrogen and oxygen atoms in total. The minimum atomic E-state index is -0.101. The zero-order chi connectivity index (χ0) is 18.5. The van der Waals surface area contributed by atoms with Crippen LogP contribution in [0.3, 0.4) is 0 Å². The van der Waals surface area contributed by atoms with E-state index in [1.54, 1.807) is 10.8 Å². The molecular formula is C22H23N3O2. The molecule has 4 rings (SSSR count). The van der Waals surface area contributed by atoms with Gasteiger partial charge in [0.05, 0.1) is 0 Å². The molecule has 0 spiro atoms. The van der Waals surface area contributed by atoms with E-state index < -0.39 is 0 Å². The number of ether oxygens (including phenoxy) is 1. The number of rotatable bonds is 5. The molecule has 1 saturated heterocycles. The largest absolute Gasteiger partial charge is 0.489 e. The van der Waals surface area contributed by atoms with Gasteiger partial charge in [-0.3, -0.25) is 9.36 Å². The zero-order valence-electron chi connectivity index (χ0n) is 15.2. The summed E-state index contributed by atoms with van der Waals surface area (Å²) in [5.74, 6) is 0.581. The molecule has 1 N–H and O–H groups in total. The number of piperazine rings is 1. The van der Waals surface area contributed by atoms with Gasteiger partial charge in [0.2, 0.25) is 0 Å². The van der Waals surface area contributed by atoms with Crippen molar-refractivity contribution in [1.29, 1.82) is 0 Å². The summed E-state index contributed by atoms with van der Waals surface area (Å²) in [6.45, 7) is 4.47. The number of hydrogen-bond donors (Lipinski definition) is 1. The molecule has 2 aromatic carbocycles. The molecule has 0 saturated carbocycles. The lowest BCUT2D eigenvalue weighted by Crippen LogP contribution is -2.43. The summed E-state index contributed by atoms with van der Waals surface area (Å²) in [6.07, 6.45) is 1.77. The lowest BCUT2D eigenvalue weighted by atomic mass is 10.2. The van der Waals surface area contributed by atoms with Crippen LogP contribution in [0.25, 0.3) is 5.69 Å². The first-order valence-electron chi connectivity index (χ1n) is 9.25. The fraction of sp³-hybridized carbons (Fsp3) is 0.227. The van der Waals surface area contributed by atoms with E-state index in [0.29, 0.717) is 12.4 Å². The van der Waals surface area contributed by atoms with Crippen LogP contribution < -0.4 is 20.5 Å². The monoisotopic (exact) mass is 361 g/mol. The van der Waals surface area contributed by atoms with Gasteiger partial charge < -0.3 is 15.0 Å². The second-order valence-corrected chi connectivity index (χ2v) is 6.60. The number of pyridine rings is 1. The summed E-state index contributed by atoms with van der Waals surface area (Å²) in [7, 11) is 0. The van der Waals surface area contributed by atoms with Crippen LogP contribution in [0, 0.1) is 0 Å². The maximum absolute atomic E-state index is 12.5. The molecular weight excluding hydrogens is 338 g/mol. The van der Waals surface area contributed by atoms with Crippen molar-refractivity contribution in [3.63, 3.8) is 0 Å². The van der Waals surface area contributed by atoms with Crippen LogP contribution in [0.2, 0.25) is 0 Å². The Hall–Kier alpha value is -3.05. The second-order valence-electron chi connectivity index (χ2n) is 6.60. The molecule has 1 aliphatic heterocycles. The van der Waals surface area contributed by atoms with Gasteiger partial charge in [-0.05, 0) is 35.9 Å². The van der Waals surface area contributed by atoms with Crippen molar-refractivity contribution in [3.8, 4) is 11.4 Å². The molecule has 27 heavy (non-hydrogen) atoms. The van der Waals surface area contributed by atoms with E-state index in [4.69, 9.17) is 4.74 Å². The average molecular weight is 361 g/mol. The van der Waals surface area contributed by atoms with Crippen molar-refractivity contribution in [2.24, 2.45) is 0 Å². The molecule has 0 bridgehead atoms. The van der Waals surface area contributed by atoms with Crippen LogP contribution in [0.15, 0.2) is 77.7 Å². The highest BCUT2D eigenvalue weighted by Gasteiger charge is 2.10. The zero-order valence-corrected chi connectivity index (χ0v) is 15.2. The highest BCUT2D eigenvalue weighted by atomic mass is 16.5. The Kier molecular flexibility index (Phi) is 5.21. The van der Waals surface area contributed by atoms with Crippen molar-refractivity contribution in [2.45, 2.75) is 6.61 Å². The number of aromatic nitrogens is 1. The quantitative estimate of drug-likeness (QED) is 0.759. The van der Waals surface area contributed by atoms with E-state index in [-0.39, 0.29) is 5.56 Å². The Morgan fingerprint density at radius 3 is 2.30 bits per heavy atom. The van der Waals surface area contributed by atoms with E-state index in [2.05, 4.69) is 22.3 Å². The van der Waals surface area contributed by atoms with Crippen LogP contribution in [-0.4, -0.2) is 30.7 Å². The molecule has 1 aromatic heterocycles. The first-order chi connectivity index (χ1) is 13.3. The molecule has 138 valence electrons. The average Bonchev–Trinajstić information content (AvgIpc) is 2.74. The molecule has 0 unspecified atom stereocenters. The highest BCUT2D eigenvalue weighted by Crippen LogP contribution is 2.18. The summed E-state index contributed by atoms with van der Waals surface area (Å²) < 4.78 is 7.37. The molecule has 0 atom stereocenters. The standard InChI is InChI=1S/C22H23N3O2/c26-22-16-21(27-17-18-4-2-1-3-5-18)10-13-25(22)20-8-6-19(7-9-20)24-14-11-23-12-15-24/h1-10,13,16,23H,11-12,14-15,17H2. The summed E-state index contributed by atoms with van der Waals surface area (Å²) in [6, 6.07) is 21.4. The predicted octanol–water partition coefficient (Wildman–Crippen LogP) is 2.83. The molecule has 3 aromatic rings. The van der Waals surface area contributed by atoms with Gasteiger partial charge in [0, 0.05) is 49.8 Å². The number of hydrogen-bond acceptors (Lipinski definition) is 4. The minimum absolute atomic E-state index is 0.101. The van der Waals surface area contributed by atoms with Gasteiger partial charge in [-0.2, -0.15) is 0 Å². The third-order valence-corrected chi connectivity index (χ3v) is 4.75. The SMILES string of the molecule is O=c1cc(OCc2ccccc2)ccn1-c1ccc(N2CCNCC2)cc1. The van der Waals surface area contributed by atoms with Crippen LogP contribution in [-0.2, 0) is 6.61 Å². The van der Waals surface area contributed by atoms with Crippen molar-refractivity contribution < 1.29 is 4.74 Å². The topological polar surface area (TPSA) is 46.5 Å². The molecule has 5 heteroatoms. The van der Waals surface area contributed by atoms with E-state index in [1.165, 1.54) is 11.8 Å². The Balaban J connectivity index is 1.46. The van der Waals surface area contributed by atoms with Crippen molar-refractivity contribution >= 4 is 5.69 Å². The summed E-state index contributed by atoms with van der Waals surface area (Å²) >= 11 is 0. The Bertz CT molecular complexity index is 930. The Morgan fingerprint density at radius 2 is 1.59 bits per heavy atom. The fourth-order valence-corrected chi connectivity index (χ4v) is 3.25. The fourth-order valence-electron chi connectivity index (χ4n) is 3.25. The third kappa shape index (κ3) is 4.20. The van der Waals surface area contributed by atoms with Gasteiger partial charge in [0.1, 0.15) is 12.4 Å². The van der Waals surface area contributed by atoms with Crippen LogP contribution in [0.4, 0.5) is 5.69 Å². The second kappa shape index (κ2) is 8.10. The van der Waals surface area contributed by atoms with E-state index in [9.17, 15) is 4.79 Å². The van der Waals surface area contributed by atoms with Gasteiger partial charge in [-0.15, -0.1) is 0 Å². The van der Waals surface area contributed by atoms with Gasteiger partial charge in [-0.1, -0.05) is 30.3 Å². The Morgan fingerprint density at radius 1 is 0.889 bits per heavy atom. The van der Waals surface area contributed by atoms with Crippen molar-refractivity contribution in [3.05, 3.63) is 88.8 Å². The molecule has 2 heterocycles.